The fraction of sp³-hybridized carbons (Fsp3) is 0.571. The molecule has 1 unspecified atom stereocenters. The van der Waals surface area contributed by atoms with Crippen LogP contribution < -0.4 is 5.32 Å². The molecule has 0 radical (unpaired) electrons. The van der Waals surface area contributed by atoms with Gasteiger partial charge >= 0.3 is 0 Å². The minimum atomic E-state index is -0.293. The highest BCUT2D eigenvalue weighted by molar-refractivity contribution is 5.80. The molecule has 3 amide bonds. The van der Waals surface area contributed by atoms with Gasteiger partial charge in [0, 0.05) is 52.5 Å². The van der Waals surface area contributed by atoms with Crippen molar-refractivity contribution in [2.45, 2.75) is 39.5 Å². The minimum absolute atomic E-state index is 0.00374. The first-order valence-electron chi connectivity index (χ1n) is 9.83. The molecule has 0 saturated carbocycles. The summed E-state index contributed by atoms with van der Waals surface area (Å²) in [5.41, 5.74) is 0.936. The SMILES string of the molecule is CC(=O)N1CCN(C(=O)CCNC(=O)CC(c2ccc(F)cc2)C(C)C)CC1. The van der Waals surface area contributed by atoms with E-state index < -0.39 is 0 Å². The number of carbonyl (C=O) groups excluding carboxylic acids is 3. The van der Waals surface area contributed by atoms with E-state index in [0.29, 0.717) is 39.1 Å². The number of hydrogen-bond donors (Lipinski definition) is 1. The van der Waals surface area contributed by atoms with E-state index in [1.165, 1.54) is 19.1 Å². The topological polar surface area (TPSA) is 69.7 Å². The molecule has 1 aliphatic heterocycles. The van der Waals surface area contributed by atoms with E-state index in [-0.39, 0.29) is 41.8 Å². The lowest BCUT2D eigenvalue weighted by atomic mass is 9.85. The van der Waals surface area contributed by atoms with Crippen LogP contribution in [0.4, 0.5) is 4.39 Å². The summed E-state index contributed by atoms with van der Waals surface area (Å²) in [6.07, 6.45) is 0.545. The van der Waals surface area contributed by atoms with Crippen LogP contribution in [0.5, 0.6) is 0 Å². The van der Waals surface area contributed by atoms with E-state index in [1.54, 1.807) is 21.9 Å². The average Bonchev–Trinajstić information content (AvgIpc) is 2.66. The maximum absolute atomic E-state index is 13.1. The normalized spacial score (nSPS) is 15.5. The standard InChI is InChI=1S/C21H30FN3O3/c1-15(2)19(17-4-6-18(22)7-5-17)14-20(27)23-9-8-21(28)25-12-10-24(11-13-25)16(3)26/h4-7,15,19H,8-14H2,1-3H3,(H,23,27). The summed E-state index contributed by atoms with van der Waals surface area (Å²) in [4.78, 5) is 39.4. The maximum Gasteiger partial charge on any atom is 0.224 e. The highest BCUT2D eigenvalue weighted by Crippen LogP contribution is 2.28. The van der Waals surface area contributed by atoms with Gasteiger partial charge in [0.15, 0.2) is 0 Å². The quantitative estimate of drug-likeness (QED) is 0.774. The van der Waals surface area contributed by atoms with Gasteiger partial charge in [-0.25, -0.2) is 4.39 Å². The van der Waals surface area contributed by atoms with E-state index in [1.807, 2.05) is 13.8 Å². The molecule has 0 bridgehead atoms. The smallest absolute Gasteiger partial charge is 0.224 e. The number of nitrogens with zero attached hydrogens (tertiary/aromatic N) is 2. The highest BCUT2D eigenvalue weighted by Gasteiger charge is 2.23. The van der Waals surface area contributed by atoms with Gasteiger partial charge in [0.25, 0.3) is 0 Å². The van der Waals surface area contributed by atoms with Gasteiger partial charge in [-0.2, -0.15) is 0 Å². The first-order valence-corrected chi connectivity index (χ1v) is 9.83. The molecule has 0 aliphatic carbocycles. The Balaban J connectivity index is 1.76. The Labute approximate surface area is 166 Å². The van der Waals surface area contributed by atoms with Gasteiger partial charge in [0.05, 0.1) is 0 Å². The number of amides is 3. The molecular formula is C21H30FN3O3. The summed E-state index contributed by atoms with van der Waals surface area (Å²) in [5, 5.41) is 2.82. The molecule has 1 atom stereocenters. The average molecular weight is 391 g/mol. The molecule has 6 nitrogen and oxygen atoms in total. The zero-order valence-corrected chi connectivity index (χ0v) is 16.9. The Hall–Kier alpha value is -2.44. The summed E-state index contributed by atoms with van der Waals surface area (Å²) in [5.74, 6) is -0.162. The van der Waals surface area contributed by atoms with Crippen molar-refractivity contribution >= 4 is 17.7 Å². The summed E-state index contributed by atoms with van der Waals surface area (Å²) >= 11 is 0. The van der Waals surface area contributed by atoms with Gasteiger partial charge < -0.3 is 15.1 Å². The molecule has 1 N–H and O–H groups in total. The molecule has 1 aliphatic rings. The van der Waals surface area contributed by atoms with Crippen LogP contribution in [0.2, 0.25) is 0 Å². The van der Waals surface area contributed by atoms with Crippen molar-refractivity contribution in [3.05, 3.63) is 35.6 Å². The molecule has 1 saturated heterocycles. The molecule has 2 rings (SSSR count). The second-order valence-electron chi connectivity index (χ2n) is 7.59. The summed E-state index contributed by atoms with van der Waals surface area (Å²) in [6.45, 7) is 8.07. The van der Waals surface area contributed by atoms with Crippen LogP contribution in [0.3, 0.4) is 0 Å². The third kappa shape index (κ3) is 6.32. The van der Waals surface area contributed by atoms with Crippen LogP contribution in [0.1, 0.15) is 45.1 Å². The van der Waals surface area contributed by atoms with Crippen LogP contribution in [-0.2, 0) is 14.4 Å². The van der Waals surface area contributed by atoms with Crippen molar-refractivity contribution in [3.8, 4) is 0 Å². The Bertz CT molecular complexity index is 683. The third-order valence-corrected chi connectivity index (χ3v) is 5.25. The van der Waals surface area contributed by atoms with Crippen LogP contribution in [-0.4, -0.2) is 60.2 Å². The number of benzene rings is 1. The molecule has 1 aromatic rings. The predicted octanol–water partition coefficient (Wildman–Crippen LogP) is 2.15. The Kier molecular flexibility index (Phi) is 7.96. The van der Waals surface area contributed by atoms with Gasteiger partial charge in [-0.3, -0.25) is 14.4 Å². The Morgan fingerprint density at radius 1 is 1.04 bits per heavy atom. The molecule has 0 aromatic heterocycles. The number of halogens is 1. The predicted molar refractivity (Wildman–Crippen MR) is 105 cm³/mol. The lowest BCUT2D eigenvalue weighted by Crippen LogP contribution is -2.50. The molecular weight excluding hydrogens is 361 g/mol. The van der Waals surface area contributed by atoms with Crippen molar-refractivity contribution < 1.29 is 18.8 Å². The number of rotatable bonds is 7. The number of carbonyl (C=O) groups is 3. The van der Waals surface area contributed by atoms with Gasteiger partial charge in [-0.05, 0) is 29.5 Å². The zero-order chi connectivity index (χ0) is 20.7. The molecule has 7 heteroatoms. The lowest BCUT2D eigenvalue weighted by molar-refractivity contribution is -0.138. The first kappa shape index (κ1) is 21.9. The fourth-order valence-corrected chi connectivity index (χ4v) is 3.46. The van der Waals surface area contributed by atoms with E-state index in [2.05, 4.69) is 5.32 Å². The van der Waals surface area contributed by atoms with E-state index in [4.69, 9.17) is 0 Å². The second-order valence-corrected chi connectivity index (χ2v) is 7.59. The molecule has 0 spiro atoms. The van der Waals surface area contributed by atoms with E-state index in [0.717, 1.165) is 5.56 Å². The highest BCUT2D eigenvalue weighted by atomic mass is 19.1. The van der Waals surface area contributed by atoms with E-state index >= 15 is 0 Å². The Morgan fingerprint density at radius 3 is 2.14 bits per heavy atom. The van der Waals surface area contributed by atoms with Crippen LogP contribution >= 0.6 is 0 Å². The summed E-state index contributed by atoms with van der Waals surface area (Å²) in [6, 6.07) is 6.26. The first-order chi connectivity index (χ1) is 13.3. The molecule has 1 fully saturated rings. The molecule has 1 aromatic carbocycles. The van der Waals surface area contributed by atoms with Crippen molar-refractivity contribution in [2.75, 3.05) is 32.7 Å². The van der Waals surface area contributed by atoms with Gasteiger partial charge in [0.1, 0.15) is 5.82 Å². The number of hydrogen-bond acceptors (Lipinski definition) is 3. The minimum Gasteiger partial charge on any atom is -0.356 e. The van der Waals surface area contributed by atoms with Crippen molar-refractivity contribution in [3.63, 3.8) is 0 Å². The molecule has 28 heavy (non-hydrogen) atoms. The summed E-state index contributed by atoms with van der Waals surface area (Å²) < 4.78 is 13.1. The van der Waals surface area contributed by atoms with Gasteiger partial charge in [-0.1, -0.05) is 26.0 Å². The van der Waals surface area contributed by atoms with Gasteiger partial charge in [0.2, 0.25) is 17.7 Å². The largest absolute Gasteiger partial charge is 0.356 e. The monoisotopic (exact) mass is 391 g/mol. The lowest BCUT2D eigenvalue weighted by Gasteiger charge is -2.34. The van der Waals surface area contributed by atoms with Crippen LogP contribution in [0, 0.1) is 11.7 Å². The third-order valence-electron chi connectivity index (χ3n) is 5.25. The molecule has 154 valence electrons. The fourth-order valence-electron chi connectivity index (χ4n) is 3.46. The van der Waals surface area contributed by atoms with Gasteiger partial charge in [-0.15, -0.1) is 0 Å². The van der Waals surface area contributed by atoms with Crippen molar-refractivity contribution in [1.29, 1.82) is 0 Å². The second kappa shape index (κ2) is 10.2. The van der Waals surface area contributed by atoms with E-state index in [9.17, 15) is 18.8 Å². The number of nitrogens with one attached hydrogen (secondary N) is 1. The number of piperazine rings is 1. The van der Waals surface area contributed by atoms with Crippen molar-refractivity contribution in [2.24, 2.45) is 5.92 Å². The van der Waals surface area contributed by atoms with Crippen LogP contribution in [0.25, 0.3) is 0 Å². The molecule has 1 heterocycles. The van der Waals surface area contributed by atoms with Crippen LogP contribution in [0.15, 0.2) is 24.3 Å². The zero-order valence-electron chi connectivity index (χ0n) is 16.9. The summed E-state index contributed by atoms with van der Waals surface area (Å²) in [7, 11) is 0. The van der Waals surface area contributed by atoms with Crippen molar-refractivity contribution in [1.82, 2.24) is 15.1 Å². The maximum atomic E-state index is 13.1. The Morgan fingerprint density at radius 2 is 1.61 bits per heavy atom.